The van der Waals surface area contributed by atoms with E-state index in [1.807, 2.05) is 24.3 Å². The number of aromatic nitrogens is 1. The van der Waals surface area contributed by atoms with E-state index in [1.54, 1.807) is 11.1 Å². The Labute approximate surface area is 195 Å². The molecule has 0 aliphatic carbocycles. The minimum absolute atomic E-state index is 0.161. The molecule has 0 spiro atoms. The molecule has 174 valence electrons. The number of para-hydroxylation sites is 1. The Hall–Kier alpha value is -4.05. The number of nitro benzene ring substituents is 1. The molecule has 0 bridgehead atoms. The number of pyridine rings is 1. The van der Waals surface area contributed by atoms with E-state index in [4.69, 9.17) is 4.74 Å². The molecule has 0 radical (unpaired) electrons. The summed E-state index contributed by atoms with van der Waals surface area (Å²) in [5.41, 5.74) is 2.23. The number of nitrogens with zero attached hydrogens (tertiary/aromatic N) is 5. The lowest BCUT2D eigenvalue weighted by Gasteiger charge is -2.36. The van der Waals surface area contributed by atoms with Crippen LogP contribution in [0.4, 0.5) is 11.4 Å². The molecule has 0 unspecified atom stereocenters. The molecular formula is C24H23N5O5. The minimum atomic E-state index is -0.538. The van der Waals surface area contributed by atoms with E-state index in [-0.39, 0.29) is 30.4 Å². The first-order valence-electron chi connectivity index (χ1n) is 11.0. The molecule has 10 nitrogen and oxygen atoms in total. The molecule has 5 rings (SSSR count). The van der Waals surface area contributed by atoms with Gasteiger partial charge in [-0.25, -0.2) is 0 Å². The van der Waals surface area contributed by atoms with Gasteiger partial charge in [0, 0.05) is 56.4 Å². The maximum absolute atomic E-state index is 13.0. The van der Waals surface area contributed by atoms with Crippen LogP contribution in [0.5, 0.6) is 5.75 Å². The van der Waals surface area contributed by atoms with Crippen LogP contribution in [0, 0.1) is 10.1 Å². The lowest BCUT2D eigenvalue weighted by atomic mass is 10.1. The van der Waals surface area contributed by atoms with Crippen LogP contribution in [0.25, 0.3) is 10.9 Å². The van der Waals surface area contributed by atoms with Crippen LogP contribution in [0.3, 0.4) is 0 Å². The Bertz CT molecular complexity index is 1270. The number of anilines is 1. The van der Waals surface area contributed by atoms with E-state index in [1.165, 1.54) is 23.1 Å². The monoisotopic (exact) mass is 461 g/mol. The van der Waals surface area contributed by atoms with Crippen LogP contribution in [0.15, 0.2) is 54.7 Å². The molecule has 2 aliphatic rings. The van der Waals surface area contributed by atoms with Crippen molar-refractivity contribution in [1.82, 2.24) is 14.8 Å². The fraction of sp³-hybridized carbons (Fsp3) is 0.292. The first-order valence-corrected chi connectivity index (χ1v) is 11.0. The quantitative estimate of drug-likeness (QED) is 0.423. The van der Waals surface area contributed by atoms with Crippen molar-refractivity contribution in [2.24, 2.45) is 0 Å². The minimum Gasteiger partial charge on any atom is -0.482 e. The molecule has 3 aromatic rings. The number of hydrogen-bond donors (Lipinski definition) is 0. The Balaban J connectivity index is 1.23. The second kappa shape index (κ2) is 9.06. The summed E-state index contributed by atoms with van der Waals surface area (Å²) in [6.45, 7) is 2.85. The Morgan fingerprint density at radius 3 is 2.68 bits per heavy atom. The number of nitro groups is 1. The summed E-state index contributed by atoms with van der Waals surface area (Å²) in [5, 5.41) is 12.3. The van der Waals surface area contributed by atoms with E-state index in [9.17, 15) is 19.7 Å². The van der Waals surface area contributed by atoms with Gasteiger partial charge in [0.25, 0.3) is 11.6 Å². The van der Waals surface area contributed by atoms with Crippen LogP contribution < -0.4 is 9.64 Å². The zero-order chi connectivity index (χ0) is 23.7. The summed E-state index contributed by atoms with van der Waals surface area (Å²) in [4.78, 5) is 45.9. The van der Waals surface area contributed by atoms with E-state index < -0.39 is 10.8 Å². The third kappa shape index (κ3) is 4.27. The van der Waals surface area contributed by atoms with Gasteiger partial charge in [0.05, 0.1) is 16.1 Å². The standard InChI is InChI=1S/C24H23N5O5/c30-22(15-28-20-13-19(29(32)33)6-7-21(20)34-16-23(28)31)27-11-9-26(10-12-27)14-18-4-1-3-17-5-2-8-25-24(17)18/h1-8,13H,9-12,14-16H2. The number of non-ortho nitro benzene ring substituents is 1. The second-order valence-corrected chi connectivity index (χ2v) is 8.33. The van der Waals surface area contributed by atoms with Crippen molar-refractivity contribution in [1.29, 1.82) is 0 Å². The fourth-order valence-electron chi connectivity index (χ4n) is 4.40. The summed E-state index contributed by atoms with van der Waals surface area (Å²) in [6.07, 6.45) is 1.79. The number of ether oxygens (including phenoxy) is 1. The molecule has 10 heteroatoms. The molecule has 2 amide bonds. The van der Waals surface area contributed by atoms with Gasteiger partial charge in [-0.05, 0) is 17.7 Å². The van der Waals surface area contributed by atoms with Crippen LogP contribution in [0.1, 0.15) is 5.56 Å². The molecule has 0 saturated carbocycles. The number of benzene rings is 2. The van der Waals surface area contributed by atoms with Crippen molar-refractivity contribution < 1.29 is 19.2 Å². The van der Waals surface area contributed by atoms with Gasteiger partial charge in [0.15, 0.2) is 6.61 Å². The van der Waals surface area contributed by atoms with Crippen molar-refractivity contribution in [3.05, 3.63) is 70.4 Å². The van der Waals surface area contributed by atoms with Crippen LogP contribution in [-0.2, 0) is 16.1 Å². The molecule has 2 aromatic carbocycles. The molecule has 1 aromatic heterocycles. The second-order valence-electron chi connectivity index (χ2n) is 8.33. The smallest absolute Gasteiger partial charge is 0.271 e. The van der Waals surface area contributed by atoms with Gasteiger partial charge >= 0.3 is 0 Å². The summed E-state index contributed by atoms with van der Waals surface area (Å²) in [5.74, 6) is -0.242. The van der Waals surface area contributed by atoms with Crippen molar-refractivity contribution in [2.45, 2.75) is 6.54 Å². The van der Waals surface area contributed by atoms with Gasteiger partial charge in [-0.15, -0.1) is 0 Å². The highest BCUT2D eigenvalue weighted by Crippen LogP contribution is 2.35. The SMILES string of the molecule is O=C(CN1C(=O)COc2ccc([N+](=O)[O-])cc21)N1CCN(Cc2cccc3cccnc23)CC1. The van der Waals surface area contributed by atoms with Gasteiger partial charge in [0.2, 0.25) is 5.91 Å². The highest BCUT2D eigenvalue weighted by atomic mass is 16.6. The third-order valence-electron chi connectivity index (χ3n) is 6.22. The Morgan fingerprint density at radius 2 is 1.88 bits per heavy atom. The number of carbonyl (C=O) groups excluding carboxylic acids is 2. The number of fused-ring (bicyclic) bond motifs is 2. The van der Waals surface area contributed by atoms with Crippen LogP contribution in [0.2, 0.25) is 0 Å². The molecule has 0 atom stereocenters. The third-order valence-corrected chi connectivity index (χ3v) is 6.22. The van der Waals surface area contributed by atoms with Crippen LogP contribution in [-0.4, -0.2) is 70.9 Å². The summed E-state index contributed by atoms with van der Waals surface area (Å²) < 4.78 is 5.38. The highest BCUT2D eigenvalue weighted by molar-refractivity contribution is 6.02. The predicted molar refractivity (Wildman–Crippen MR) is 125 cm³/mol. The molecule has 0 N–H and O–H groups in total. The van der Waals surface area contributed by atoms with Crippen molar-refractivity contribution >= 4 is 34.1 Å². The molecular weight excluding hydrogens is 438 g/mol. The number of piperazine rings is 1. The average molecular weight is 461 g/mol. The number of rotatable bonds is 5. The van der Waals surface area contributed by atoms with Crippen LogP contribution >= 0.6 is 0 Å². The molecule has 34 heavy (non-hydrogen) atoms. The topological polar surface area (TPSA) is 109 Å². The van der Waals surface area contributed by atoms with Gasteiger partial charge in [-0.1, -0.05) is 24.3 Å². The van der Waals surface area contributed by atoms with Gasteiger partial charge in [-0.3, -0.25) is 34.5 Å². The summed E-state index contributed by atoms with van der Waals surface area (Å²) in [6, 6.07) is 14.2. The zero-order valence-corrected chi connectivity index (χ0v) is 18.4. The van der Waals surface area contributed by atoms with Crippen molar-refractivity contribution in [3.8, 4) is 5.75 Å². The van der Waals surface area contributed by atoms with Gasteiger partial charge in [0.1, 0.15) is 12.3 Å². The molecule has 1 fully saturated rings. The average Bonchev–Trinajstić information content (AvgIpc) is 2.86. The Kier molecular flexibility index (Phi) is 5.81. The summed E-state index contributed by atoms with van der Waals surface area (Å²) >= 11 is 0. The summed E-state index contributed by atoms with van der Waals surface area (Å²) in [7, 11) is 0. The lowest BCUT2D eigenvalue weighted by molar-refractivity contribution is -0.384. The van der Waals surface area contributed by atoms with E-state index >= 15 is 0 Å². The number of carbonyl (C=O) groups is 2. The largest absolute Gasteiger partial charge is 0.482 e. The van der Waals surface area contributed by atoms with E-state index in [0.29, 0.717) is 31.9 Å². The fourth-order valence-corrected chi connectivity index (χ4v) is 4.40. The normalized spacial score (nSPS) is 16.3. The molecule has 3 heterocycles. The first-order chi connectivity index (χ1) is 16.5. The van der Waals surface area contributed by atoms with E-state index in [0.717, 1.165) is 23.0 Å². The highest BCUT2D eigenvalue weighted by Gasteiger charge is 2.31. The maximum atomic E-state index is 13.0. The zero-order valence-electron chi connectivity index (χ0n) is 18.4. The van der Waals surface area contributed by atoms with Crippen molar-refractivity contribution in [2.75, 3.05) is 44.2 Å². The first kappa shape index (κ1) is 21.8. The predicted octanol–water partition coefficient (Wildman–Crippen LogP) is 2.21. The van der Waals surface area contributed by atoms with Crippen molar-refractivity contribution in [3.63, 3.8) is 0 Å². The van der Waals surface area contributed by atoms with Gasteiger partial charge in [-0.2, -0.15) is 0 Å². The molecule has 2 aliphatic heterocycles. The van der Waals surface area contributed by atoms with E-state index in [2.05, 4.69) is 16.0 Å². The van der Waals surface area contributed by atoms with Gasteiger partial charge < -0.3 is 9.64 Å². The number of hydrogen-bond acceptors (Lipinski definition) is 7. The lowest BCUT2D eigenvalue weighted by Crippen LogP contribution is -2.52. The number of amides is 2. The molecule has 1 saturated heterocycles. The maximum Gasteiger partial charge on any atom is 0.271 e. The Morgan fingerprint density at radius 1 is 1.09 bits per heavy atom.